The first-order chi connectivity index (χ1) is 18.1. The number of aryl methyl sites for hydroxylation is 1. The SMILES string of the molecule is Cc1nc(CNC(=O)c2cccc(CN3C(=O)CC(c4ccc(Cl)cc4)N=C3CCCC(F)(F)F)c2)no1. The first kappa shape index (κ1) is 27.3. The van der Waals surface area contributed by atoms with Crippen LogP contribution in [0.2, 0.25) is 5.02 Å². The Morgan fingerprint density at radius 2 is 1.97 bits per heavy atom. The lowest BCUT2D eigenvalue weighted by Gasteiger charge is -2.32. The molecule has 1 aliphatic rings. The van der Waals surface area contributed by atoms with Crippen molar-refractivity contribution < 1.29 is 27.3 Å². The summed E-state index contributed by atoms with van der Waals surface area (Å²) in [5, 5.41) is 6.96. The van der Waals surface area contributed by atoms with Gasteiger partial charge in [0.25, 0.3) is 5.91 Å². The van der Waals surface area contributed by atoms with Gasteiger partial charge in [-0.25, -0.2) is 0 Å². The third-order valence-corrected chi connectivity index (χ3v) is 6.16. The molecule has 0 radical (unpaired) electrons. The lowest BCUT2D eigenvalue weighted by molar-refractivity contribution is -0.135. The van der Waals surface area contributed by atoms with Crippen molar-refractivity contribution in [3.05, 3.63) is 82.0 Å². The summed E-state index contributed by atoms with van der Waals surface area (Å²) in [6.45, 7) is 1.79. The van der Waals surface area contributed by atoms with Crippen LogP contribution in [0.25, 0.3) is 0 Å². The first-order valence-corrected chi connectivity index (χ1v) is 12.3. The predicted octanol–water partition coefficient (Wildman–Crippen LogP) is 5.57. The molecule has 0 saturated heterocycles. The molecule has 2 amide bonds. The number of carbonyl (C=O) groups excluding carboxylic acids is 2. The number of aromatic nitrogens is 2. The number of halogens is 4. The summed E-state index contributed by atoms with van der Waals surface area (Å²) < 4.78 is 43.3. The molecule has 200 valence electrons. The van der Waals surface area contributed by atoms with Crippen molar-refractivity contribution in [2.24, 2.45) is 4.99 Å². The van der Waals surface area contributed by atoms with Crippen LogP contribution in [0.15, 0.2) is 58.0 Å². The number of aliphatic imine (C=N–C) groups is 1. The number of rotatable bonds is 9. The smallest absolute Gasteiger partial charge is 0.345 e. The highest BCUT2D eigenvalue weighted by molar-refractivity contribution is 6.30. The minimum absolute atomic E-state index is 0.0143. The van der Waals surface area contributed by atoms with Crippen molar-refractivity contribution in [3.63, 3.8) is 0 Å². The number of nitrogens with one attached hydrogen (secondary N) is 1. The van der Waals surface area contributed by atoms with E-state index in [2.05, 4.69) is 20.4 Å². The predicted molar refractivity (Wildman–Crippen MR) is 133 cm³/mol. The molecule has 3 aromatic rings. The highest BCUT2D eigenvalue weighted by atomic mass is 35.5. The molecule has 1 atom stereocenters. The second-order valence-electron chi connectivity index (χ2n) is 8.88. The number of carbonyl (C=O) groups is 2. The zero-order valence-electron chi connectivity index (χ0n) is 20.5. The monoisotopic (exact) mass is 547 g/mol. The number of amidine groups is 1. The number of alkyl halides is 3. The van der Waals surface area contributed by atoms with E-state index < -0.39 is 18.6 Å². The van der Waals surface area contributed by atoms with Gasteiger partial charge in [-0.3, -0.25) is 19.5 Å². The van der Waals surface area contributed by atoms with Crippen LogP contribution in [0.5, 0.6) is 0 Å². The molecule has 0 spiro atoms. The summed E-state index contributed by atoms with van der Waals surface area (Å²) in [6.07, 6.45) is -5.43. The molecule has 1 aromatic heterocycles. The van der Waals surface area contributed by atoms with E-state index in [0.29, 0.717) is 27.9 Å². The summed E-state index contributed by atoms with van der Waals surface area (Å²) >= 11 is 5.96. The fourth-order valence-corrected chi connectivity index (χ4v) is 4.21. The van der Waals surface area contributed by atoms with Crippen LogP contribution in [0, 0.1) is 6.92 Å². The Bertz CT molecular complexity index is 1320. The van der Waals surface area contributed by atoms with Crippen LogP contribution in [0.4, 0.5) is 13.2 Å². The standard InChI is InChI=1S/C26H25ClF3N5O3/c1-16-32-22(34-38-16)14-31-25(37)19-5-2-4-17(12-19)15-35-23(6-3-11-26(28,29)30)33-21(13-24(35)36)18-7-9-20(27)10-8-18/h2,4-5,7-10,12,21H,3,6,11,13-15H2,1H3,(H,31,37). The van der Waals surface area contributed by atoms with Gasteiger partial charge in [0.2, 0.25) is 11.8 Å². The van der Waals surface area contributed by atoms with Crippen LogP contribution in [0.3, 0.4) is 0 Å². The van der Waals surface area contributed by atoms with Crippen molar-refractivity contribution in [2.75, 3.05) is 0 Å². The van der Waals surface area contributed by atoms with Gasteiger partial charge < -0.3 is 9.84 Å². The highest BCUT2D eigenvalue weighted by Gasteiger charge is 2.32. The quantitative estimate of drug-likeness (QED) is 0.378. The summed E-state index contributed by atoms with van der Waals surface area (Å²) in [6, 6.07) is 13.0. The molecule has 0 saturated carbocycles. The Balaban J connectivity index is 1.51. The number of benzene rings is 2. The van der Waals surface area contributed by atoms with Gasteiger partial charge in [-0.05, 0) is 41.8 Å². The minimum Gasteiger partial charge on any atom is -0.345 e. The van der Waals surface area contributed by atoms with Gasteiger partial charge in [0.1, 0.15) is 5.84 Å². The number of hydrogen-bond acceptors (Lipinski definition) is 6. The van der Waals surface area contributed by atoms with E-state index in [4.69, 9.17) is 16.1 Å². The van der Waals surface area contributed by atoms with Gasteiger partial charge in [-0.15, -0.1) is 0 Å². The van der Waals surface area contributed by atoms with Crippen molar-refractivity contribution >= 4 is 29.3 Å². The van der Waals surface area contributed by atoms with E-state index in [1.54, 1.807) is 55.5 Å². The minimum atomic E-state index is -4.30. The molecule has 8 nitrogen and oxygen atoms in total. The van der Waals surface area contributed by atoms with Crippen molar-refractivity contribution in [3.8, 4) is 0 Å². The molecule has 38 heavy (non-hydrogen) atoms. The maximum Gasteiger partial charge on any atom is 0.389 e. The summed E-state index contributed by atoms with van der Waals surface area (Å²) in [5.41, 5.74) is 1.74. The van der Waals surface area contributed by atoms with E-state index in [1.807, 2.05) is 0 Å². The van der Waals surface area contributed by atoms with E-state index >= 15 is 0 Å². The molecule has 1 N–H and O–H groups in total. The Morgan fingerprint density at radius 3 is 2.66 bits per heavy atom. The van der Waals surface area contributed by atoms with Gasteiger partial charge in [-0.2, -0.15) is 18.2 Å². The van der Waals surface area contributed by atoms with Crippen molar-refractivity contribution in [1.82, 2.24) is 20.4 Å². The number of nitrogens with zero attached hydrogens (tertiary/aromatic N) is 4. The van der Waals surface area contributed by atoms with Gasteiger partial charge in [0.05, 0.1) is 25.6 Å². The molecule has 2 aromatic carbocycles. The Morgan fingerprint density at radius 1 is 1.21 bits per heavy atom. The van der Waals surface area contributed by atoms with Crippen LogP contribution < -0.4 is 5.32 Å². The average Bonchev–Trinajstić information content (AvgIpc) is 3.29. The highest BCUT2D eigenvalue weighted by Crippen LogP contribution is 2.31. The largest absolute Gasteiger partial charge is 0.389 e. The molecule has 4 rings (SSSR count). The van der Waals surface area contributed by atoms with E-state index in [0.717, 1.165) is 5.56 Å². The zero-order chi connectivity index (χ0) is 27.3. The second-order valence-corrected chi connectivity index (χ2v) is 9.31. The number of hydrogen-bond donors (Lipinski definition) is 1. The molecule has 2 heterocycles. The normalized spacial score (nSPS) is 15.9. The van der Waals surface area contributed by atoms with Crippen LogP contribution in [-0.2, 0) is 17.9 Å². The topological polar surface area (TPSA) is 101 Å². The molecule has 0 bridgehead atoms. The Kier molecular flexibility index (Phi) is 8.45. The van der Waals surface area contributed by atoms with Crippen molar-refractivity contribution in [1.29, 1.82) is 0 Å². The third-order valence-electron chi connectivity index (χ3n) is 5.91. The second kappa shape index (κ2) is 11.8. The first-order valence-electron chi connectivity index (χ1n) is 11.9. The number of amides is 2. The fourth-order valence-electron chi connectivity index (χ4n) is 4.09. The molecule has 12 heteroatoms. The van der Waals surface area contributed by atoms with E-state index in [9.17, 15) is 22.8 Å². The van der Waals surface area contributed by atoms with E-state index in [1.165, 1.54) is 4.90 Å². The van der Waals surface area contributed by atoms with Crippen LogP contribution in [-0.4, -0.2) is 38.9 Å². The maximum atomic E-state index is 13.2. The maximum absolute atomic E-state index is 13.2. The summed E-state index contributed by atoms with van der Waals surface area (Å²) in [7, 11) is 0. The van der Waals surface area contributed by atoms with Gasteiger partial charge >= 0.3 is 6.18 Å². The molecule has 0 fully saturated rings. The zero-order valence-corrected chi connectivity index (χ0v) is 21.2. The average molecular weight is 548 g/mol. The molecular weight excluding hydrogens is 523 g/mol. The Labute approximate surface area is 221 Å². The summed E-state index contributed by atoms with van der Waals surface area (Å²) in [4.78, 5) is 35.9. The molecular formula is C26H25ClF3N5O3. The molecule has 1 aliphatic heterocycles. The van der Waals surface area contributed by atoms with Gasteiger partial charge in [-0.1, -0.05) is 41.0 Å². The van der Waals surface area contributed by atoms with Crippen molar-refractivity contribution in [2.45, 2.75) is 57.9 Å². The van der Waals surface area contributed by atoms with E-state index in [-0.39, 0.29) is 50.0 Å². The van der Waals surface area contributed by atoms with Gasteiger partial charge in [0.15, 0.2) is 5.82 Å². The Hall–Kier alpha value is -3.73. The fraction of sp³-hybridized carbons (Fsp3) is 0.346. The molecule has 0 aliphatic carbocycles. The molecule has 1 unspecified atom stereocenters. The van der Waals surface area contributed by atoms with Gasteiger partial charge in [0, 0.05) is 30.4 Å². The lowest BCUT2D eigenvalue weighted by Crippen LogP contribution is -2.40. The third kappa shape index (κ3) is 7.41. The van der Waals surface area contributed by atoms with Crippen LogP contribution in [0.1, 0.15) is 64.9 Å². The lowest BCUT2D eigenvalue weighted by atomic mass is 10.00. The summed E-state index contributed by atoms with van der Waals surface area (Å²) in [5.74, 6) is 0.368. The van der Waals surface area contributed by atoms with Crippen LogP contribution >= 0.6 is 11.6 Å².